The van der Waals surface area contributed by atoms with Crippen molar-refractivity contribution in [1.82, 2.24) is 18.9 Å². The number of carbonyl (C=O) groups is 1. The molecule has 0 bridgehead atoms. The van der Waals surface area contributed by atoms with Gasteiger partial charge >= 0.3 is 0 Å². The van der Waals surface area contributed by atoms with Gasteiger partial charge in [-0.15, -0.1) is 0 Å². The maximum Gasteiger partial charge on any atom is 0.260 e. The number of benzene rings is 1. The molecule has 4 aromatic rings. The number of nitrogens with two attached hydrogens (primary N) is 1. The van der Waals surface area contributed by atoms with Crippen molar-refractivity contribution in [3.05, 3.63) is 40.8 Å². The van der Waals surface area contributed by atoms with Gasteiger partial charge in [0, 0.05) is 5.56 Å². The number of hydrogen-bond donors (Lipinski definition) is 2. The molecule has 3 aromatic heterocycles. The summed E-state index contributed by atoms with van der Waals surface area (Å²) in [5.74, 6) is 1.35. The maximum atomic E-state index is 13.1. The van der Waals surface area contributed by atoms with Crippen LogP contribution in [-0.2, 0) is 0 Å². The van der Waals surface area contributed by atoms with E-state index in [0.29, 0.717) is 38.9 Å². The van der Waals surface area contributed by atoms with E-state index in [1.54, 1.807) is 13.3 Å². The lowest BCUT2D eigenvalue weighted by Crippen LogP contribution is -2.13. The molecule has 0 saturated heterocycles. The Morgan fingerprint density at radius 3 is 2.76 bits per heavy atom. The average molecular weight is 406 g/mol. The Bertz CT molecular complexity index is 1340. The van der Waals surface area contributed by atoms with Crippen molar-refractivity contribution in [3.8, 4) is 22.7 Å². The molecule has 1 amide bonds. The first kappa shape index (κ1) is 17.6. The van der Waals surface area contributed by atoms with Gasteiger partial charge < -0.3 is 15.8 Å². The molecule has 3 N–H and O–H groups in total. The molecule has 0 atom stereocenters. The number of fused-ring (bicyclic) bond motifs is 2. The highest BCUT2D eigenvalue weighted by atomic mass is 32.1. The molecule has 1 aliphatic rings. The second-order valence-electron chi connectivity index (χ2n) is 6.99. The molecule has 0 aliphatic carbocycles. The van der Waals surface area contributed by atoms with Gasteiger partial charge in [-0.05, 0) is 43.9 Å². The largest absolute Gasteiger partial charge is 0.496 e. The molecule has 8 nitrogen and oxygen atoms in total. The number of rotatable bonds is 2. The first-order chi connectivity index (χ1) is 13.9. The van der Waals surface area contributed by atoms with E-state index >= 15 is 0 Å². The lowest BCUT2D eigenvalue weighted by molar-refractivity contribution is 0.102. The number of carbonyl (C=O) groups excluding carboxylic acids is 1. The number of nitrogens with one attached hydrogen (secondary N) is 1. The first-order valence-corrected chi connectivity index (χ1v) is 9.79. The summed E-state index contributed by atoms with van der Waals surface area (Å²) in [6.45, 7) is 5.79. The van der Waals surface area contributed by atoms with Gasteiger partial charge in [0.15, 0.2) is 5.65 Å². The van der Waals surface area contributed by atoms with Crippen LogP contribution in [0.1, 0.15) is 27.3 Å². The quantitative estimate of drug-likeness (QED) is 0.526. The van der Waals surface area contributed by atoms with Crippen molar-refractivity contribution >= 4 is 39.3 Å². The minimum atomic E-state index is -0.291. The molecule has 5 rings (SSSR count). The monoisotopic (exact) mass is 406 g/mol. The number of methoxy groups -OCH3 is 1. The maximum absolute atomic E-state index is 13.1. The van der Waals surface area contributed by atoms with Gasteiger partial charge in [-0.3, -0.25) is 9.36 Å². The van der Waals surface area contributed by atoms with Crippen molar-refractivity contribution in [1.29, 1.82) is 0 Å². The summed E-state index contributed by atoms with van der Waals surface area (Å²) in [5, 5.41) is 4.21. The van der Waals surface area contributed by atoms with E-state index < -0.39 is 0 Å². The van der Waals surface area contributed by atoms with Crippen molar-refractivity contribution in [3.63, 3.8) is 0 Å². The Balaban J connectivity index is 1.98. The molecule has 1 aliphatic heterocycles. The molecule has 9 heteroatoms. The predicted molar refractivity (Wildman–Crippen MR) is 113 cm³/mol. The molecular formula is C20H18N6O2S. The summed E-state index contributed by atoms with van der Waals surface area (Å²) in [5.41, 5.74) is 11.7. The van der Waals surface area contributed by atoms with Crippen LogP contribution in [0.15, 0.2) is 18.3 Å². The molecule has 0 spiro atoms. The van der Waals surface area contributed by atoms with Gasteiger partial charge in [0.1, 0.15) is 22.4 Å². The van der Waals surface area contributed by atoms with E-state index in [1.807, 2.05) is 37.5 Å². The van der Waals surface area contributed by atoms with E-state index in [9.17, 15) is 4.79 Å². The van der Waals surface area contributed by atoms with Gasteiger partial charge in [-0.2, -0.15) is 4.37 Å². The lowest BCUT2D eigenvalue weighted by atomic mass is 10.1. The normalized spacial score (nSPS) is 12.6. The zero-order chi connectivity index (χ0) is 20.4. The fourth-order valence-corrected chi connectivity index (χ4v) is 4.65. The van der Waals surface area contributed by atoms with Crippen molar-refractivity contribution in [2.75, 3.05) is 18.2 Å². The summed E-state index contributed by atoms with van der Waals surface area (Å²) >= 11 is 1.22. The second-order valence-corrected chi connectivity index (χ2v) is 7.80. The minimum Gasteiger partial charge on any atom is -0.496 e. The number of aromatic nitrogens is 4. The van der Waals surface area contributed by atoms with E-state index in [-0.39, 0.29) is 5.91 Å². The molecule has 0 saturated carbocycles. The van der Waals surface area contributed by atoms with Gasteiger partial charge in [0.05, 0.1) is 41.2 Å². The van der Waals surface area contributed by atoms with Crippen LogP contribution >= 0.6 is 11.5 Å². The fourth-order valence-electron chi connectivity index (χ4n) is 4.00. The van der Waals surface area contributed by atoms with Crippen molar-refractivity contribution in [2.45, 2.75) is 20.8 Å². The number of anilines is 2. The van der Waals surface area contributed by atoms with Crippen molar-refractivity contribution in [2.24, 2.45) is 0 Å². The van der Waals surface area contributed by atoms with E-state index in [4.69, 9.17) is 10.5 Å². The summed E-state index contributed by atoms with van der Waals surface area (Å²) in [4.78, 5) is 22.4. The van der Waals surface area contributed by atoms with Crippen LogP contribution in [0.3, 0.4) is 0 Å². The first-order valence-electron chi connectivity index (χ1n) is 9.01. The molecule has 0 radical (unpaired) electrons. The van der Waals surface area contributed by atoms with Crippen LogP contribution in [0, 0.1) is 20.8 Å². The van der Waals surface area contributed by atoms with Crippen LogP contribution in [0.4, 0.5) is 10.8 Å². The van der Waals surface area contributed by atoms with Crippen LogP contribution in [0.2, 0.25) is 0 Å². The second kappa shape index (κ2) is 6.02. The van der Waals surface area contributed by atoms with Gasteiger partial charge in [0.2, 0.25) is 0 Å². The standard InChI is InChI=1S/C20H18N6O2S/c1-8-5-6-12(28-4)9(2)16(8)26-17(21)14-13-15(23-10(3)24-18(13)26)11-7-22-29-20(11)25-19(14)27/h5-7H,21H2,1-4H3,(H,25,27). The van der Waals surface area contributed by atoms with Crippen LogP contribution in [0.5, 0.6) is 5.75 Å². The predicted octanol–water partition coefficient (Wildman–Crippen LogP) is 3.63. The highest BCUT2D eigenvalue weighted by Gasteiger charge is 2.32. The summed E-state index contributed by atoms with van der Waals surface area (Å²) in [7, 11) is 1.63. The SMILES string of the molecule is COc1ccc(C)c(-n2c(N)c3c4c(nc(C)nc42)-c2cnsc2NC3=O)c1C. The fraction of sp³-hybridized carbons (Fsp3) is 0.200. The molecule has 4 heterocycles. The number of ether oxygens (including phenoxy) is 1. The Morgan fingerprint density at radius 1 is 1.21 bits per heavy atom. The van der Waals surface area contributed by atoms with Gasteiger partial charge in [0.25, 0.3) is 5.91 Å². The molecule has 0 unspecified atom stereocenters. The highest BCUT2D eigenvalue weighted by molar-refractivity contribution is 7.11. The Labute approximate surface area is 170 Å². The minimum absolute atomic E-state index is 0.291. The zero-order valence-electron chi connectivity index (χ0n) is 16.3. The van der Waals surface area contributed by atoms with Crippen LogP contribution < -0.4 is 15.8 Å². The number of nitrogens with zero attached hydrogens (tertiary/aromatic N) is 4. The molecule has 29 heavy (non-hydrogen) atoms. The number of amides is 1. The molecule has 0 fully saturated rings. The smallest absolute Gasteiger partial charge is 0.260 e. The Hall–Kier alpha value is -3.46. The highest BCUT2D eigenvalue weighted by Crippen LogP contribution is 2.44. The average Bonchev–Trinajstić information content (AvgIpc) is 3.21. The van der Waals surface area contributed by atoms with Gasteiger partial charge in [-0.25, -0.2) is 9.97 Å². The van der Waals surface area contributed by atoms with E-state index in [1.165, 1.54) is 11.5 Å². The molecule has 146 valence electrons. The third-order valence-electron chi connectivity index (χ3n) is 5.27. The third-order valence-corrected chi connectivity index (χ3v) is 5.98. The Morgan fingerprint density at radius 2 is 2.00 bits per heavy atom. The lowest BCUT2D eigenvalue weighted by Gasteiger charge is -2.17. The van der Waals surface area contributed by atoms with Crippen molar-refractivity contribution < 1.29 is 9.53 Å². The summed E-state index contributed by atoms with van der Waals surface area (Å²) in [6, 6.07) is 3.88. The number of hydrogen-bond acceptors (Lipinski definition) is 7. The third kappa shape index (κ3) is 2.31. The zero-order valence-corrected chi connectivity index (χ0v) is 17.1. The van der Waals surface area contributed by atoms with E-state index in [0.717, 1.165) is 28.1 Å². The number of aryl methyl sites for hydroxylation is 2. The summed E-state index contributed by atoms with van der Waals surface area (Å²) < 4.78 is 11.6. The Kier molecular flexibility index (Phi) is 3.66. The molecule has 1 aromatic carbocycles. The van der Waals surface area contributed by atoms with Crippen LogP contribution in [0.25, 0.3) is 28.0 Å². The molecular weight excluding hydrogens is 388 g/mol. The number of nitrogen functional groups attached to an aromatic ring is 1. The van der Waals surface area contributed by atoms with Crippen LogP contribution in [-0.4, -0.2) is 31.9 Å². The van der Waals surface area contributed by atoms with Gasteiger partial charge in [-0.1, -0.05) is 6.07 Å². The van der Waals surface area contributed by atoms with E-state index in [2.05, 4.69) is 19.7 Å². The summed E-state index contributed by atoms with van der Waals surface area (Å²) in [6.07, 6.45) is 1.71. The topological polar surface area (TPSA) is 108 Å².